The zero-order chi connectivity index (χ0) is 24.9. The quantitative estimate of drug-likeness (QED) is 0.563. The Morgan fingerprint density at radius 3 is 2.63 bits per heavy atom. The van der Waals surface area contributed by atoms with Crippen LogP contribution in [0.25, 0.3) is 0 Å². The summed E-state index contributed by atoms with van der Waals surface area (Å²) in [5.74, 6) is 1.58. The maximum atomic E-state index is 12.3. The number of aliphatic hydroxyl groups excluding tert-OH is 1. The molecule has 4 rings (SSSR count). The van der Waals surface area contributed by atoms with Gasteiger partial charge in [0.05, 0.1) is 31.6 Å². The van der Waals surface area contributed by atoms with E-state index in [1.807, 2.05) is 51.4 Å². The molecule has 1 aliphatic carbocycles. The van der Waals surface area contributed by atoms with Gasteiger partial charge in [0.25, 0.3) is 0 Å². The molecule has 0 bridgehead atoms. The van der Waals surface area contributed by atoms with Crippen LogP contribution in [0.3, 0.4) is 0 Å². The molecule has 35 heavy (non-hydrogen) atoms. The van der Waals surface area contributed by atoms with Gasteiger partial charge in [-0.3, -0.25) is 9.79 Å². The van der Waals surface area contributed by atoms with Crippen LogP contribution >= 0.6 is 0 Å². The van der Waals surface area contributed by atoms with Gasteiger partial charge in [-0.2, -0.15) is 0 Å². The first kappa shape index (κ1) is 25.2. The van der Waals surface area contributed by atoms with Crippen molar-refractivity contribution >= 4 is 17.3 Å². The van der Waals surface area contributed by atoms with E-state index in [9.17, 15) is 9.90 Å². The average molecular weight is 480 g/mol. The zero-order valence-corrected chi connectivity index (χ0v) is 21.2. The van der Waals surface area contributed by atoms with Gasteiger partial charge in [-0.15, -0.1) is 0 Å². The van der Waals surface area contributed by atoms with E-state index in [1.165, 1.54) is 0 Å². The maximum absolute atomic E-state index is 12.3. The lowest BCUT2D eigenvalue weighted by Gasteiger charge is -2.37. The van der Waals surface area contributed by atoms with Crippen molar-refractivity contribution in [3.8, 4) is 11.5 Å². The first-order valence-electron chi connectivity index (χ1n) is 12.6. The summed E-state index contributed by atoms with van der Waals surface area (Å²) in [6.07, 6.45) is 3.33. The third kappa shape index (κ3) is 5.85. The Hall–Kier alpha value is -2.90. The van der Waals surface area contributed by atoms with Crippen molar-refractivity contribution in [3.63, 3.8) is 0 Å². The van der Waals surface area contributed by atoms with Crippen molar-refractivity contribution in [1.29, 1.82) is 0 Å². The number of rotatable bonds is 9. The van der Waals surface area contributed by atoms with Gasteiger partial charge < -0.3 is 24.8 Å². The van der Waals surface area contributed by atoms with Crippen LogP contribution in [0.4, 0.5) is 5.69 Å². The van der Waals surface area contributed by atoms with E-state index >= 15 is 0 Å². The number of aliphatic imine (C=N–C) groups is 1. The lowest BCUT2D eigenvalue weighted by molar-refractivity contribution is -0.116. The number of carbonyl (C=O) groups is 1. The smallest absolute Gasteiger partial charge is 0.224 e. The fraction of sp³-hybridized carbons (Fsp3) is 0.500. The molecule has 0 saturated heterocycles. The van der Waals surface area contributed by atoms with Crippen LogP contribution in [0.5, 0.6) is 11.5 Å². The van der Waals surface area contributed by atoms with Crippen LogP contribution < -0.4 is 14.8 Å². The number of hydrogen-bond donors (Lipinski definition) is 2. The number of nitrogens with one attached hydrogen (secondary N) is 1. The minimum absolute atomic E-state index is 0.0248. The van der Waals surface area contributed by atoms with Crippen molar-refractivity contribution in [2.24, 2.45) is 4.99 Å². The van der Waals surface area contributed by atoms with Gasteiger partial charge in [0.1, 0.15) is 0 Å². The highest BCUT2D eigenvalue weighted by atomic mass is 16.5. The van der Waals surface area contributed by atoms with Crippen LogP contribution in [-0.4, -0.2) is 68.1 Å². The van der Waals surface area contributed by atoms with E-state index in [0.29, 0.717) is 25.2 Å². The summed E-state index contributed by atoms with van der Waals surface area (Å²) in [7, 11) is 5.66. The molecule has 2 aromatic carbocycles. The van der Waals surface area contributed by atoms with E-state index in [0.717, 1.165) is 59.6 Å². The fourth-order valence-corrected chi connectivity index (χ4v) is 5.09. The van der Waals surface area contributed by atoms with Crippen LogP contribution in [0, 0.1) is 0 Å². The lowest BCUT2D eigenvalue weighted by atomic mass is 9.74. The summed E-state index contributed by atoms with van der Waals surface area (Å²) in [4.78, 5) is 19.5. The SMILES string of the molecule is CCOc1cc2c(cc1OC)C(c1ccc(NC(=O)CCCN(C)C)cc1)=NC1CCC(O)CC21. The number of methoxy groups -OCH3 is 1. The summed E-state index contributed by atoms with van der Waals surface area (Å²) >= 11 is 0. The molecular formula is C28H37N3O4. The Bertz CT molecular complexity index is 1060. The number of nitrogens with zero attached hydrogens (tertiary/aromatic N) is 2. The van der Waals surface area contributed by atoms with Crippen LogP contribution in [-0.2, 0) is 4.79 Å². The Labute approximate surface area is 208 Å². The number of ether oxygens (including phenoxy) is 2. The van der Waals surface area contributed by atoms with Crippen molar-refractivity contribution in [3.05, 3.63) is 53.1 Å². The molecule has 0 aromatic heterocycles. The molecule has 1 aliphatic heterocycles. The summed E-state index contributed by atoms with van der Waals surface area (Å²) in [5, 5.41) is 13.4. The lowest BCUT2D eigenvalue weighted by Crippen LogP contribution is -2.34. The first-order chi connectivity index (χ1) is 16.9. The molecule has 1 saturated carbocycles. The van der Waals surface area contributed by atoms with Gasteiger partial charge in [0.2, 0.25) is 5.91 Å². The van der Waals surface area contributed by atoms with E-state index in [1.54, 1.807) is 7.11 Å². The molecule has 2 aliphatic rings. The number of carbonyl (C=O) groups excluding carboxylic acids is 1. The normalized spacial score (nSPS) is 21.1. The largest absolute Gasteiger partial charge is 0.493 e. The third-order valence-electron chi connectivity index (χ3n) is 6.82. The van der Waals surface area contributed by atoms with E-state index in [4.69, 9.17) is 14.5 Å². The third-order valence-corrected chi connectivity index (χ3v) is 6.82. The molecule has 3 unspecified atom stereocenters. The van der Waals surface area contributed by atoms with Crippen molar-refractivity contribution in [2.75, 3.05) is 39.7 Å². The van der Waals surface area contributed by atoms with E-state index in [-0.39, 0.29) is 24.0 Å². The predicted octanol–water partition coefficient (Wildman–Crippen LogP) is 4.22. The second kappa shape index (κ2) is 11.2. The molecular weight excluding hydrogens is 442 g/mol. The Morgan fingerprint density at radius 1 is 1.17 bits per heavy atom. The van der Waals surface area contributed by atoms with Gasteiger partial charge in [0.15, 0.2) is 11.5 Å². The molecule has 2 aromatic rings. The first-order valence-corrected chi connectivity index (χ1v) is 12.6. The standard InChI is InChI=1S/C28H37N3O4/c1-5-35-26-16-21-22-15-20(32)12-13-24(22)30-28(23(21)17-25(26)34-4)18-8-10-19(11-9-18)29-27(33)7-6-14-31(2)3/h8-11,16-17,20,22,24,32H,5-7,12-15H2,1-4H3,(H,29,33). The van der Waals surface area contributed by atoms with Gasteiger partial charge in [-0.25, -0.2) is 0 Å². The van der Waals surface area contributed by atoms with E-state index in [2.05, 4.69) is 16.3 Å². The van der Waals surface area contributed by atoms with Gasteiger partial charge in [0, 0.05) is 29.2 Å². The minimum atomic E-state index is -0.306. The highest BCUT2D eigenvalue weighted by Crippen LogP contribution is 2.45. The van der Waals surface area contributed by atoms with Crippen LogP contribution in [0.1, 0.15) is 61.6 Å². The Balaban J connectivity index is 1.61. The summed E-state index contributed by atoms with van der Waals surface area (Å²) < 4.78 is 11.5. The highest BCUT2D eigenvalue weighted by molar-refractivity contribution is 6.15. The fourth-order valence-electron chi connectivity index (χ4n) is 5.09. The Morgan fingerprint density at radius 2 is 1.94 bits per heavy atom. The van der Waals surface area contributed by atoms with Crippen molar-refractivity contribution < 1.29 is 19.4 Å². The second-order valence-electron chi connectivity index (χ2n) is 9.67. The molecule has 2 N–H and O–H groups in total. The number of hydrogen-bond acceptors (Lipinski definition) is 6. The van der Waals surface area contributed by atoms with Gasteiger partial charge in [-0.1, -0.05) is 12.1 Å². The molecule has 1 amide bonds. The minimum Gasteiger partial charge on any atom is -0.493 e. The summed E-state index contributed by atoms with van der Waals surface area (Å²) in [6, 6.07) is 12.1. The number of aliphatic hydroxyl groups is 1. The topological polar surface area (TPSA) is 83.4 Å². The second-order valence-corrected chi connectivity index (χ2v) is 9.67. The monoisotopic (exact) mass is 479 g/mol. The van der Waals surface area contributed by atoms with Crippen LogP contribution in [0.2, 0.25) is 0 Å². The van der Waals surface area contributed by atoms with Gasteiger partial charge in [-0.05, 0) is 83.1 Å². The highest BCUT2D eigenvalue weighted by Gasteiger charge is 2.37. The van der Waals surface area contributed by atoms with Crippen molar-refractivity contribution in [1.82, 2.24) is 4.90 Å². The molecule has 7 nitrogen and oxygen atoms in total. The molecule has 3 atom stereocenters. The number of fused-ring (bicyclic) bond motifs is 3. The number of amides is 1. The zero-order valence-electron chi connectivity index (χ0n) is 21.2. The molecule has 0 radical (unpaired) electrons. The molecule has 1 fully saturated rings. The Kier molecular flexibility index (Phi) is 8.08. The van der Waals surface area contributed by atoms with Crippen molar-refractivity contribution in [2.45, 2.75) is 57.1 Å². The van der Waals surface area contributed by atoms with Crippen LogP contribution in [0.15, 0.2) is 41.4 Å². The van der Waals surface area contributed by atoms with E-state index < -0.39 is 0 Å². The summed E-state index contributed by atoms with van der Waals surface area (Å²) in [5.41, 5.74) is 4.86. The molecule has 0 spiro atoms. The number of benzene rings is 2. The number of anilines is 1. The average Bonchev–Trinajstić information content (AvgIpc) is 2.84. The van der Waals surface area contributed by atoms with Gasteiger partial charge >= 0.3 is 0 Å². The molecule has 1 heterocycles. The predicted molar refractivity (Wildman–Crippen MR) is 139 cm³/mol. The molecule has 188 valence electrons. The summed E-state index contributed by atoms with van der Waals surface area (Å²) in [6.45, 7) is 3.40. The molecule has 7 heteroatoms. The maximum Gasteiger partial charge on any atom is 0.224 e.